The van der Waals surface area contributed by atoms with Crippen LogP contribution in [0.3, 0.4) is 0 Å². The first kappa shape index (κ1) is 14.4. The van der Waals surface area contributed by atoms with Crippen LogP contribution < -0.4 is 5.32 Å². The van der Waals surface area contributed by atoms with Crippen LogP contribution in [0.2, 0.25) is 0 Å². The molecule has 0 saturated heterocycles. The van der Waals surface area contributed by atoms with E-state index in [0.29, 0.717) is 6.42 Å². The summed E-state index contributed by atoms with van der Waals surface area (Å²) in [5, 5.41) is 11.7. The summed E-state index contributed by atoms with van der Waals surface area (Å²) in [5.41, 5.74) is 1.74. The van der Waals surface area contributed by atoms with Gasteiger partial charge in [-0.05, 0) is 67.0 Å². The summed E-state index contributed by atoms with van der Waals surface area (Å²) < 4.78 is 1.10. The Balaban J connectivity index is 2.67. The Hall–Kier alpha value is -0.620. The molecule has 0 aromatic heterocycles. The Kier molecular flexibility index (Phi) is 5.91. The van der Waals surface area contributed by atoms with Crippen molar-refractivity contribution in [2.75, 3.05) is 6.61 Å². The third-order valence-corrected chi connectivity index (χ3v) is 3.85. The van der Waals surface area contributed by atoms with Gasteiger partial charge in [0.1, 0.15) is 0 Å². The first-order valence-electron chi connectivity index (χ1n) is 5.73. The van der Waals surface area contributed by atoms with Crippen LogP contribution in [0.5, 0.6) is 0 Å². The molecule has 1 aromatic rings. The highest BCUT2D eigenvalue weighted by Crippen LogP contribution is 2.15. The number of aliphatic hydroxyl groups excluding tert-OH is 1. The normalized spacial score (nSPS) is 12.2. The summed E-state index contributed by atoms with van der Waals surface area (Å²) in [4.78, 5) is 12.0. The molecule has 94 valence electrons. The molecule has 1 atom stereocenters. The molecule has 0 bridgehead atoms. The quantitative estimate of drug-likeness (QED) is 0.804. The maximum absolute atomic E-state index is 12.0. The molecule has 0 aliphatic heterocycles. The number of aliphatic hydroxyl groups is 1. The van der Waals surface area contributed by atoms with Gasteiger partial charge in [0.2, 0.25) is 0 Å². The lowest BCUT2D eigenvalue weighted by molar-refractivity contribution is 0.0935. The number of nitrogens with one attached hydrogen (secondary N) is 1. The van der Waals surface area contributed by atoms with E-state index in [1.165, 1.54) is 0 Å². The smallest absolute Gasteiger partial charge is 0.251 e. The van der Waals surface area contributed by atoms with Crippen molar-refractivity contribution in [2.24, 2.45) is 0 Å². The topological polar surface area (TPSA) is 49.3 Å². The molecular weight excluding hydrogens is 329 g/mol. The van der Waals surface area contributed by atoms with Crippen molar-refractivity contribution in [1.29, 1.82) is 0 Å². The third-order valence-electron chi connectivity index (χ3n) is 2.69. The van der Waals surface area contributed by atoms with Crippen molar-refractivity contribution < 1.29 is 9.90 Å². The lowest BCUT2D eigenvalue weighted by atomic mass is 10.1. The monoisotopic (exact) mass is 347 g/mol. The van der Waals surface area contributed by atoms with Gasteiger partial charge in [0.25, 0.3) is 5.91 Å². The first-order valence-corrected chi connectivity index (χ1v) is 6.81. The Labute approximate surface area is 116 Å². The van der Waals surface area contributed by atoms with Crippen molar-refractivity contribution in [3.05, 3.63) is 32.9 Å². The molecular formula is C13H18INO2. The van der Waals surface area contributed by atoms with Crippen LogP contribution in [0, 0.1) is 10.5 Å². The molecule has 1 aromatic carbocycles. The van der Waals surface area contributed by atoms with E-state index in [9.17, 15) is 4.79 Å². The van der Waals surface area contributed by atoms with Crippen LogP contribution in [0.1, 0.15) is 35.7 Å². The zero-order valence-corrected chi connectivity index (χ0v) is 12.3. The second-order valence-corrected chi connectivity index (χ2v) is 5.31. The Morgan fingerprint density at radius 3 is 2.88 bits per heavy atom. The van der Waals surface area contributed by atoms with E-state index in [2.05, 4.69) is 27.9 Å². The Bertz CT molecular complexity index is 393. The molecule has 0 aliphatic rings. The number of benzene rings is 1. The van der Waals surface area contributed by atoms with Crippen LogP contribution in [-0.2, 0) is 0 Å². The molecule has 0 fully saturated rings. The predicted molar refractivity (Wildman–Crippen MR) is 77.1 cm³/mol. The summed E-state index contributed by atoms with van der Waals surface area (Å²) in [6.45, 7) is 4.08. The van der Waals surface area contributed by atoms with Gasteiger partial charge in [0.15, 0.2) is 0 Å². The molecule has 1 unspecified atom stereocenters. The second-order valence-electron chi connectivity index (χ2n) is 4.15. The van der Waals surface area contributed by atoms with Gasteiger partial charge >= 0.3 is 0 Å². The SMILES string of the molecule is Cc1c(I)cccc1C(=O)NC(C)CCCO. The van der Waals surface area contributed by atoms with Crippen LogP contribution in [-0.4, -0.2) is 23.7 Å². The fraction of sp³-hybridized carbons (Fsp3) is 0.462. The third kappa shape index (κ3) is 4.27. The van der Waals surface area contributed by atoms with E-state index in [1.54, 1.807) is 0 Å². The largest absolute Gasteiger partial charge is 0.396 e. The maximum Gasteiger partial charge on any atom is 0.251 e. The summed E-state index contributed by atoms with van der Waals surface area (Å²) >= 11 is 2.23. The van der Waals surface area contributed by atoms with Crippen molar-refractivity contribution in [2.45, 2.75) is 32.7 Å². The van der Waals surface area contributed by atoms with E-state index in [-0.39, 0.29) is 18.6 Å². The van der Waals surface area contributed by atoms with Gasteiger partial charge in [-0.2, -0.15) is 0 Å². The van der Waals surface area contributed by atoms with E-state index in [1.807, 2.05) is 32.0 Å². The van der Waals surface area contributed by atoms with Gasteiger partial charge < -0.3 is 10.4 Å². The van der Waals surface area contributed by atoms with E-state index in [4.69, 9.17) is 5.11 Å². The standard InChI is InChI=1S/C13H18INO2/c1-9(5-4-8-16)15-13(17)11-6-3-7-12(14)10(11)2/h3,6-7,9,16H,4-5,8H2,1-2H3,(H,15,17). The number of amides is 1. The number of carbonyl (C=O) groups is 1. The number of hydrogen-bond acceptors (Lipinski definition) is 2. The lowest BCUT2D eigenvalue weighted by Gasteiger charge is -2.14. The van der Waals surface area contributed by atoms with Crippen LogP contribution in [0.25, 0.3) is 0 Å². The van der Waals surface area contributed by atoms with Gasteiger partial charge in [-0.15, -0.1) is 0 Å². The van der Waals surface area contributed by atoms with Crippen molar-refractivity contribution in [3.8, 4) is 0 Å². The van der Waals surface area contributed by atoms with E-state index < -0.39 is 0 Å². The summed E-state index contributed by atoms with van der Waals surface area (Å²) in [5.74, 6) is -0.0357. The molecule has 0 heterocycles. The van der Waals surface area contributed by atoms with Crippen molar-refractivity contribution >= 4 is 28.5 Å². The molecule has 3 nitrogen and oxygen atoms in total. The average molecular weight is 347 g/mol. The molecule has 0 saturated carbocycles. The number of hydrogen-bond donors (Lipinski definition) is 2. The molecule has 0 spiro atoms. The van der Waals surface area contributed by atoms with Crippen LogP contribution in [0.4, 0.5) is 0 Å². The molecule has 0 radical (unpaired) electrons. The minimum absolute atomic E-state index is 0.0357. The molecule has 1 rings (SSSR count). The minimum Gasteiger partial charge on any atom is -0.396 e. The predicted octanol–water partition coefficient (Wildman–Crippen LogP) is 2.49. The molecule has 17 heavy (non-hydrogen) atoms. The van der Waals surface area contributed by atoms with E-state index in [0.717, 1.165) is 21.1 Å². The second kappa shape index (κ2) is 6.96. The molecule has 4 heteroatoms. The highest BCUT2D eigenvalue weighted by Gasteiger charge is 2.12. The van der Waals surface area contributed by atoms with Gasteiger partial charge in [0.05, 0.1) is 0 Å². The molecule has 0 aliphatic carbocycles. The Morgan fingerprint density at radius 1 is 1.53 bits per heavy atom. The zero-order chi connectivity index (χ0) is 12.8. The summed E-state index contributed by atoms with van der Waals surface area (Å²) in [7, 11) is 0. The lowest BCUT2D eigenvalue weighted by Crippen LogP contribution is -2.33. The van der Waals surface area contributed by atoms with Gasteiger partial charge in [-0.3, -0.25) is 4.79 Å². The van der Waals surface area contributed by atoms with E-state index >= 15 is 0 Å². The fourth-order valence-electron chi connectivity index (χ4n) is 1.62. The zero-order valence-electron chi connectivity index (χ0n) is 10.2. The summed E-state index contributed by atoms with van der Waals surface area (Å²) in [6, 6.07) is 5.81. The molecule has 2 N–H and O–H groups in total. The first-order chi connectivity index (χ1) is 8.06. The highest BCUT2D eigenvalue weighted by molar-refractivity contribution is 14.1. The number of rotatable bonds is 5. The van der Waals surface area contributed by atoms with Gasteiger partial charge in [-0.1, -0.05) is 6.07 Å². The number of carbonyl (C=O) groups excluding carboxylic acids is 1. The van der Waals surface area contributed by atoms with Gasteiger partial charge in [0, 0.05) is 21.8 Å². The minimum atomic E-state index is -0.0357. The van der Waals surface area contributed by atoms with Crippen LogP contribution >= 0.6 is 22.6 Å². The summed E-state index contributed by atoms with van der Waals surface area (Å²) in [6.07, 6.45) is 1.51. The van der Waals surface area contributed by atoms with Crippen LogP contribution in [0.15, 0.2) is 18.2 Å². The van der Waals surface area contributed by atoms with Gasteiger partial charge in [-0.25, -0.2) is 0 Å². The number of halogens is 1. The highest BCUT2D eigenvalue weighted by atomic mass is 127. The van der Waals surface area contributed by atoms with Crippen molar-refractivity contribution in [1.82, 2.24) is 5.32 Å². The molecule has 1 amide bonds. The maximum atomic E-state index is 12.0. The Morgan fingerprint density at radius 2 is 2.24 bits per heavy atom. The van der Waals surface area contributed by atoms with Crippen molar-refractivity contribution in [3.63, 3.8) is 0 Å². The average Bonchev–Trinajstić information content (AvgIpc) is 2.29. The fourth-order valence-corrected chi connectivity index (χ4v) is 2.12.